The summed E-state index contributed by atoms with van der Waals surface area (Å²) in [7, 11) is 1.96. The summed E-state index contributed by atoms with van der Waals surface area (Å²) >= 11 is 0. The molecule has 2 atom stereocenters. The molecule has 0 unspecified atom stereocenters. The summed E-state index contributed by atoms with van der Waals surface area (Å²) in [5, 5.41) is 0. The summed E-state index contributed by atoms with van der Waals surface area (Å²) in [6, 6.07) is 5.26. The molecule has 1 aliphatic heterocycles. The van der Waals surface area contributed by atoms with Crippen LogP contribution < -0.4 is 0 Å². The minimum atomic E-state index is -0.821. The standard InChI is InChI=1S/C19H24F2N4/c1-14-3-4-19(21)16(5-14)10-24(2)12-18-6-17(20)11-25(18)9-15-7-22-13-23-8-15/h3-5,7-8,13,17-18H,6,9-12H2,1-2H3/t17-,18-/m0/s1. The molecule has 1 aromatic heterocycles. The Bertz CT molecular complexity index is 695. The van der Waals surface area contributed by atoms with Gasteiger partial charge in [-0.15, -0.1) is 0 Å². The van der Waals surface area contributed by atoms with Crippen LogP contribution in [-0.2, 0) is 13.1 Å². The number of hydrogen-bond donors (Lipinski definition) is 0. The molecule has 0 N–H and O–H groups in total. The summed E-state index contributed by atoms with van der Waals surface area (Å²) in [5.41, 5.74) is 2.70. The normalized spacial score (nSPS) is 21.2. The molecule has 1 fully saturated rings. The second-order valence-electron chi connectivity index (χ2n) is 6.95. The van der Waals surface area contributed by atoms with Gasteiger partial charge in [-0.05, 0) is 26.5 Å². The maximum Gasteiger partial charge on any atom is 0.127 e. The zero-order valence-corrected chi connectivity index (χ0v) is 14.7. The number of hydrogen-bond acceptors (Lipinski definition) is 4. The van der Waals surface area contributed by atoms with E-state index in [0.717, 1.165) is 11.1 Å². The lowest BCUT2D eigenvalue weighted by atomic mass is 10.1. The third-order valence-electron chi connectivity index (χ3n) is 4.64. The van der Waals surface area contributed by atoms with Crippen LogP contribution in [0, 0.1) is 12.7 Å². The number of likely N-dealkylation sites (N-methyl/N-ethyl adjacent to an activating group) is 1. The molecular formula is C19H24F2N4. The van der Waals surface area contributed by atoms with Crippen molar-refractivity contribution in [2.75, 3.05) is 20.1 Å². The fourth-order valence-electron chi connectivity index (χ4n) is 3.49. The van der Waals surface area contributed by atoms with E-state index in [1.54, 1.807) is 18.5 Å². The molecule has 0 aliphatic carbocycles. The van der Waals surface area contributed by atoms with Gasteiger partial charge in [0.15, 0.2) is 0 Å². The van der Waals surface area contributed by atoms with Crippen molar-refractivity contribution in [3.63, 3.8) is 0 Å². The molecule has 2 heterocycles. The van der Waals surface area contributed by atoms with Crippen LogP contribution in [0.2, 0.25) is 0 Å². The molecule has 2 aromatic rings. The molecule has 0 amide bonds. The van der Waals surface area contributed by atoms with Gasteiger partial charge in [-0.2, -0.15) is 0 Å². The fourth-order valence-corrected chi connectivity index (χ4v) is 3.49. The quantitative estimate of drug-likeness (QED) is 0.805. The minimum absolute atomic E-state index is 0.105. The van der Waals surface area contributed by atoms with Gasteiger partial charge in [0.25, 0.3) is 0 Å². The summed E-state index contributed by atoms with van der Waals surface area (Å²) in [6.07, 6.45) is 4.71. The number of rotatable bonds is 6. The Morgan fingerprint density at radius 3 is 2.80 bits per heavy atom. The van der Waals surface area contributed by atoms with Crippen LogP contribution in [-0.4, -0.2) is 52.1 Å². The first-order valence-electron chi connectivity index (χ1n) is 8.57. The van der Waals surface area contributed by atoms with E-state index in [0.29, 0.717) is 38.2 Å². The van der Waals surface area contributed by atoms with E-state index in [2.05, 4.69) is 19.8 Å². The van der Waals surface area contributed by atoms with Crippen LogP contribution in [0.5, 0.6) is 0 Å². The highest BCUT2D eigenvalue weighted by Gasteiger charge is 2.32. The highest BCUT2D eigenvalue weighted by Crippen LogP contribution is 2.23. The van der Waals surface area contributed by atoms with E-state index >= 15 is 0 Å². The van der Waals surface area contributed by atoms with Crippen molar-refractivity contribution in [3.8, 4) is 0 Å². The second kappa shape index (κ2) is 7.97. The predicted octanol–water partition coefficient (Wildman–Crippen LogP) is 2.97. The molecule has 0 saturated carbocycles. The zero-order valence-electron chi connectivity index (χ0n) is 14.7. The second-order valence-corrected chi connectivity index (χ2v) is 6.95. The Kier molecular flexibility index (Phi) is 5.71. The Morgan fingerprint density at radius 1 is 1.28 bits per heavy atom. The van der Waals surface area contributed by atoms with E-state index in [9.17, 15) is 8.78 Å². The van der Waals surface area contributed by atoms with Gasteiger partial charge in [-0.1, -0.05) is 17.7 Å². The smallest absolute Gasteiger partial charge is 0.127 e. The number of benzene rings is 1. The number of alkyl halides is 1. The van der Waals surface area contributed by atoms with Crippen LogP contribution in [0.15, 0.2) is 36.9 Å². The SMILES string of the molecule is Cc1ccc(F)c(CN(C)C[C@@H]2C[C@H](F)CN2Cc2cncnc2)c1. The molecule has 0 radical (unpaired) electrons. The molecular weight excluding hydrogens is 322 g/mol. The van der Waals surface area contributed by atoms with Crippen molar-refractivity contribution in [2.24, 2.45) is 0 Å². The fraction of sp³-hybridized carbons (Fsp3) is 0.474. The van der Waals surface area contributed by atoms with Gasteiger partial charge in [0.05, 0.1) is 0 Å². The third kappa shape index (κ3) is 4.80. The molecule has 25 heavy (non-hydrogen) atoms. The molecule has 1 saturated heterocycles. The van der Waals surface area contributed by atoms with Gasteiger partial charge < -0.3 is 4.90 Å². The molecule has 0 spiro atoms. The molecule has 134 valence electrons. The molecule has 1 aliphatic rings. The largest absolute Gasteiger partial charge is 0.300 e. The van der Waals surface area contributed by atoms with Crippen molar-refractivity contribution in [2.45, 2.75) is 38.6 Å². The van der Waals surface area contributed by atoms with Crippen LogP contribution in [0.3, 0.4) is 0 Å². The van der Waals surface area contributed by atoms with Gasteiger partial charge in [0.2, 0.25) is 0 Å². The number of nitrogens with zero attached hydrogens (tertiary/aromatic N) is 4. The zero-order chi connectivity index (χ0) is 17.8. The first kappa shape index (κ1) is 17.9. The van der Waals surface area contributed by atoms with E-state index in [-0.39, 0.29) is 11.9 Å². The van der Waals surface area contributed by atoms with Crippen LogP contribution in [0.1, 0.15) is 23.1 Å². The van der Waals surface area contributed by atoms with Crippen LogP contribution in [0.25, 0.3) is 0 Å². The first-order valence-corrected chi connectivity index (χ1v) is 8.57. The highest BCUT2D eigenvalue weighted by molar-refractivity contribution is 5.24. The molecule has 6 heteroatoms. The number of aromatic nitrogens is 2. The van der Waals surface area contributed by atoms with E-state index in [1.165, 1.54) is 12.4 Å². The van der Waals surface area contributed by atoms with Crippen LogP contribution >= 0.6 is 0 Å². The van der Waals surface area contributed by atoms with Gasteiger partial charge in [-0.25, -0.2) is 18.7 Å². The van der Waals surface area contributed by atoms with Crippen molar-refractivity contribution in [3.05, 3.63) is 59.4 Å². The maximum atomic E-state index is 14.0. The average Bonchev–Trinajstić information content (AvgIpc) is 2.91. The number of likely N-dealkylation sites (tertiary alicyclic amines) is 1. The number of aryl methyl sites for hydroxylation is 1. The van der Waals surface area contributed by atoms with Crippen molar-refractivity contribution in [1.82, 2.24) is 19.8 Å². The van der Waals surface area contributed by atoms with Crippen molar-refractivity contribution < 1.29 is 8.78 Å². The highest BCUT2D eigenvalue weighted by atomic mass is 19.1. The van der Waals surface area contributed by atoms with E-state index in [4.69, 9.17) is 0 Å². The van der Waals surface area contributed by atoms with Crippen LogP contribution in [0.4, 0.5) is 8.78 Å². The van der Waals surface area contributed by atoms with Gasteiger partial charge in [0.1, 0.15) is 18.3 Å². The lowest BCUT2D eigenvalue weighted by molar-refractivity contribution is 0.179. The summed E-state index contributed by atoms with van der Waals surface area (Å²) in [6.45, 7) is 4.23. The average molecular weight is 346 g/mol. The molecule has 4 nitrogen and oxygen atoms in total. The van der Waals surface area contributed by atoms with Crippen molar-refractivity contribution >= 4 is 0 Å². The Hall–Kier alpha value is -1.92. The molecule has 0 bridgehead atoms. The predicted molar refractivity (Wildman–Crippen MR) is 93.2 cm³/mol. The van der Waals surface area contributed by atoms with Gasteiger partial charge in [-0.3, -0.25) is 4.90 Å². The summed E-state index contributed by atoms with van der Waals surface area (Å²) in [5.74, 6) is -0.189. The topological polar surface area (TPSA) is 32.3 Å². The van der Waals surface area contributed by atoms with Gasteiger partial charge >= 0.3 is 0 Å². The summed E-state index contributed by atoms with van der Waals surface area (Å²) < 4.78 is 27.9. The third-order valence-corrected chi connectivity index (χ3v) is 4.64. The Labute approximate surface area is 147 Å². The summed E-state index contributed by atoms with van der Waals surface area (Å²) in [4.78, 5) is 12.2. The van der Waals surface area contributed by atoms with E-state index in [1.807, 2.05) is 20.0 Å². The monoisotopic (exact) mass is 346 g/mol. The Morgan fingerprint density at radius 2 is 2.04 bits per heavy atom. The van der Waals surface area contributed by atoms with Crippen molar-refractivity contribution in [1.29, 1.82) is 0 Å². The van der Waals surface area contributed by atoms with Gasteiger partial charge in [0, 0.05) is 55.7 Å². The maximum absolute atomic E-state index is 14.0. The first-order chi connectivity index (χ1) is 12.0. The molecule has 3 rings (SSSR count). The van der Waals surface area contributed by atoms with E-state index < -0.39 is 6.17 Å². The molecule has 1 aromatic carbocycles. The lowest BCUT2D eigenvalue weighted by Gasteiger charge is -2.28. The number of halogens is 2. The lowest BCUT2D eigenvalue weighted by Crippen LogP contribution is -2.38. The Balaban J connectivity index is 1.62. The minimum Gasteiger partial charge on any atom is -0.300 e.